The number of hydrogen-bond donors (Lipinski definition) is 2. The largest absolute Gasteiger partial charge is 0.352 e. The Morgan fingerprint density at radius 1 is 1.16 bits per heavy atom. The summed E-state index contributed by atoms with van der Waals surface area (Å²) in [5.74, 6) is 0.0889. The van der Waals surface area contributed by atoms with Crippen LogP contribution in [0.25, 0.3) is 0 Å². The first-order valence-corrected chi connectivity index (χ1v) is 12.0. The predicted octanol–water partition coefficient (Wildman–Crippen LogP) is 3.52. The Morgan fingerprint density at radius 3 is 2.68 bits per heavy atom. The Kier molecular flexibility index (Phi) is 7.56. The molecule has 0 aliphatic carbocycles. The smallest absolute Gasteiger partial charge is 0.261 e. The van der Waals surface area contributed by atoms with Crippen LogP contribution >= 0.6 is 11.6 Å². The normalized spacial score (nSPS) is 16.6. The number of amides is 2. The molecule has 1 fully saturated rings. The zero-order valence-electron chi connectivity index (χ0n) is 17.3. The molecule has 1 saturated heterocycles. The van der Waals surface area contributed by atoms with E-state index < -0.39 is 15.9 Å². The number of carbonyl (C=O) groups excluding carboxylic acids is 2. The number of nitrogens with one attached hydrogen (secondary N) is 2. The molecule has 1 atom stereocenters. The van der Waals surface area contributed by atoms with E-state index in [0.717, 1.165) is 25.9 Å². The molecule has 0 radical (unpaired) electrons. The first-order chi connectivity index (χ1) is 14.7. The fraction of sp³-hybridized carbons (Fsp3) is 0.364. The molecule has 1 aliphatic heterocycles. The molecule has 1 heterocycles. The van der Waals surface area contributed by atoms with E-state index in [-0.39, 0.29) is 29.3 Å². The highest BCUT2D eigenvalue weighted by Crippen LogP contribution is 2.20. The number of anilines is 1. The van der Waals surface area contributed by atoms with E-state index >= 15 is 0 Å². The van der Waals surface area contributed by atoms with Gasteiger partial charge in [-0.2, -0.15) is 0 Å². The molecular weight excluding hydrogens is 438 g/mol. The third-order valence-electron chi connectivity index (χ3n) is 5.12. The van der Waals surface area contributed by atoms with Crippen molar-refractivity contribution >= 4 is 39.1 Å². The molecule has 1 unspecified atom stereocenters. The van der Waals surface area contributed by atoms with Gasteiger partial charge in [-0.1, -0.05) is 30.7 Å². The first kappa shape index (κ1) is 23.1. The minimum absolute atomic E-state index is 0.0221. The van der Waals surface area contributed by atoms with Crippen molar-refractivity contribution in [3.63, 3.8) is 0 Å². The maximum atomic E-state index is 12.7. The van der Waals surface area contributed by atoms with E-state index in [1.54, 1.807) is 18.2 Å². The Labute approximate surface area is 187 Å². The van der Waals surface area contributed by atoms with Gasteiger partial charge in [0.1, 0.15) is 0 Å². The fourth-order valence-electron chi connectivity index (χ4n) is 3.53. The van der Waals surface area contributed by atoms with Crippen LogP contribution < -0.4 is 10.0 Å². The van der Waals surface area contributed by atoms with Gasteiger partial charge >= 0.3 is 0 Å². The van der Waals surface area contributed by atoms with Crippen LogP contribution in [0.4, 0.5) is 5.69 Å². The maximum absolute atomic E-state index is 12.7. The van der Waals surface area contributed by atoms with Gasteiger partial charge in [-0.15, -0.1) is 0 Å². The number of likely N-dealkylation sites (tertiary alicyclic amines) is 1. The van der Waals surface area contributed by atoms with Crippen LogP contribution in [0, 0.1) is 5.92 Å². The monoisotopic (exact) mass is 463 g/mol. The molecule has 0 spiro atoms. The summed E-state index contributed by atoms with van der Waals surface area (Å²) in [6.07, 6.45) is 2.35. The number of rotatable bonds is 7. The van der Waals surface area contributed by atoms with Gasteiger partial charge < -0.3 is 10.2 Å². The molecule has 2 aromatic carbocycles. The molecule has 0 saturated carbocycles. The molecule has 0 bridgehead atoms. The van der Waals surface area contributed by atoms with Gasteiger partial charge in [0.2, 0.25) is 5.91 Å². The summed E-state index contributed by atoms with van der Waals surface area (Å²) < 4.78 is 27.8. The van der Waals surface area contributed by atoms with Crippen molar-refractivity contribution in [3.05, 3.63) is 59.1 Å². The van der Waals surface area contributed by atoms with E-state index in [4.69, 9.17) is 11.6 Å². The number of hydrogen-bond acceptors (Lipinski definition) is 4. The molecule has 2 aromatic rings. The second-order valence-electron chi connectivity index (χ2n) is 7.74. The van der Waals surface area contributed by atoms with Crippen LogP contribution in [0.3, 0.4) is 0 Å². The van der Waals surface area contributed by atoms with E-state index in [2.05, 4.69) is 17.0 Å². The average molecular weight is 464 g/mol. The van der Waals surface area contributed by atoms with Crippen molar-refractivity contribution in [1.29, 1.82) is 0 Å². The summed E-state index contributed by atoms with van der Waals surface area (Å²) in [6, 6.07) is 12.1. The summed E-state index contributed by atoms with van der Waals surface area (Å²) in [5, 5.41) is 3.10. The summed E-state index contributed by atoms with van der Waals surface area (Å²) in [6.45, 7) is 3.84. The number of nitrogens with zero attached hydrogens (tertiary/aromatic N) is 1. The molecule has 2 amide bonds. The van der Waals surface area contributed by atoms with Crippen molar-refractivity contribution in [3.8, 4) is 0 Å². The minimum atomic E-state index is -3.89. The lowest BCUT2D eigenvalue weighted by Gasteiger charge is -2.31. The number of halogens is 1. The Morgan fingerprint density at radius 2 is 1.94 bits per heavy atom. The van der Waals surface area contributed by atoms with Crippen LogP contribution in [0.2, 0.25) is 5.02 Å². The Hall–Kier alpha value is -2.58. The molecule has 7 nitrogen and oxygen atoms in total. The van der Waals surface area contributed by atoms with Crippen molar-refractivity contribution in [2.24, 2.45) is 5.92 Å². The summed E-state index contributed by atoms with van der Waals surface area (Å²) in [5.41, 5.74) is 0.529. The van der Waals surface area contributed by atoms with Gasteiger partial charge in [0.15, 0.2) is 0 Å². The number of carbonyl (C=O) groups is 2. The van der Waals surface area contributed by atoms with Crippen LogP contribution in [0.5, 0.6) is 0 Å². The third kappa shape index (κ3) is 6.45. The predicted molar refractivity (Wildman–Crippen MR) is 121 cm³/mol. The van der Waals surface area contributed by atoms with Crippen LogP contribution in [0.15, 0.2) is 53.4 Å². The van der Waals surface area contributed by atoms with E-state index in [1.807, 2.05) is 4.90 Å². The second-order valence-corrected chi connectivity index (χ2v) is 9.86. The van der Waals surface area contributed by atoms with Crippen molar-refractivity contribution in [2.45, 2.75) is 31.1 Å². The zero-order chi connectivity index (χ0) is 22.4. The molecule has 0 aromatic heterocycles. The minimum Gasteiger partial charge on any atom is -0.352 e. The number of sulfonamides is 1. The SMILES string of the molecule is CC1CCCN(C(=O)CCNC(=O)c2cccc(S(=O)(=O)Nc3cccc(Cl)c3)c2)C1. The highest BCUT2D eigenvalue weighted by atomic mass is 35.5. The lowest BCUT2D eigenvalue weighted by Crippen LogP contribution is -2.40. The van der Waals surface area contributed by atoms with E-state index in [1.165, 1.54) is 30.3 Å². The number of piperidine rings is 1. The van der Waals surface area contributed by atoms with Crippen molar-refractivity contribution in [2.75, 3.05) is 24.4 Å². The van der Waals surface area contributed by atoms with Crippen molar-refractivity contribution in [1.82, 2.24) is 10.2 Å². The third-order valence-corrected chi connectivity index (χ3v) is 6.73. The van der Waals surface area contributed by atoms with Crippen LogP contribution in [0.1, 0.15) is 36.5 Å². The molecule has 2 N–H and O–H groups in total. The second kappa shape index (κ2) is 10.2. The van der Waals surface area contributed by atoms with Crippen molar-refractivity contribution < 1.29 is 18.0 Å². The van der Waals surface area contributed by atoms with Gasteiger partial charge in [-0.3, -0.25) is 14.3 Å². The summed E-state index contributed by atoms with van der Waals surface area (Å²) >= 11 is 5.90. The molecule has 1 aliphatic rings. The standard InChI is InChI=1S/C22H26ClN3O4S/c1-16-5-4-12-26(15-16)21(27)10-11-24-22(28)17-6-2-9-20(13-17)31(29,30)25-19-8-3-7-18(23)14-19/h2-3,6-9,13-14,16,25H,4-5,10-12,15H2,1H3,(H,24,28). The zero-order valence-corrected chi connectivity index (χ0v) is 18.9. The molecule has 166 valence electrons. The summed E-state index contributed by atoms with van der Waals surface area (Å²) in [4.78, 5) is 26.6. The van der Waals surface area contributed by atoms with Gasteiger partial charge in [-0.25, -0.2) is 8.42 Å². The number of benzene rings is 2. The Balaban J connectivity index is 1.58. The molecular formula is C22H26ClN3O4S. The van der Waals surface area contributed by atoms with Gasteiger partial charge in [0.25, 0.3) is 15.9 Å². The Bertz CT molecular complexity index is 1060. The van der Waals surface area contributed by atoms with E-state index in [0.29, 0.717) is 16.6 Å². The van der Waals surface area contributed by atoms with Gasteiger partial charge in [0, 0.05) is 36.6 Å². The van der Waals surface area contributed by atoms with Crippen LogP contribution in [-0.2, 0) is 14.8 Å². The lowest BCUT2D eigenvalue weighted by atomic mass is 10.00. The van der Waals surface area contributed by atoms with Gasteiger partial charge in [-0.05, 0) is 55.2 Å². The molecule has 3 rings (SSSR count). The first-order valence-electron chi connectivity index (χ1n) is 10.2. The lowest BCUT2D eigenvalue weighted by molar-refractivity contribution is -0.132. The quantitative estimate of drug-likeness (QED) is 0.656. The van der Waals surface area contributed by atoms with Gasteiger partial charge in [0.05, 0.1) is 10.6 Å². The fourth-order valence-corrected chi connectivity index (χ4v) is 4.81. The summed E-state index contributed by atoms with van der Waals surface area (Å²) in [7, 11) is -3.89. The molecule has 31 heavy (non-hydrogen) atoms. The van der Waals surface area contributed by atoms with Crippen LogP contribution in [-0.4, -0.2) is 44.8 Å². The molecule has 9 heteroatoms. The maximum Gasteiger partial charge on any atom is 0.261 e. The average Bonchev–Trinajstić information content (AvgIpc) is 2.73. The highest BCUT2D eigenvalue weighted by molar-refractivity contribution is 7.92. The topological polar surface area (TPSA) is 95.6 Å². The van der Waals surface area contributed by atoms with E-state index in [9.17, 15) is 18.0 Å². The highest BCUT2D eigenvalue weighted by Gasteiger charge is 2.21.